The molecule has 0 aliphatic carbocycles. The molecule has 6 nitrogen and oxygen atoms in total. The third kappa shape index (κ3) is 6.24. The quantitative estimate of drug-likeness (QED) is 0.567. The number of hydrogen-bond acceptors (Lipinski definition) is 4. The lowest BCUT2D eigenvalue weighted by molar-refractivity contribution is -0.116. The molecule has 0 aliphatic rings. The van der Waals surface area contributed by atoms with E-state index in [2.05, 4.69) is 26.0 Å². The number of rotatable bonds is 9. The Labute approximate surface area is 174 Å². The summed E-state index contributed by atoms with van der Waals surface area (Å²) in [6.07, 6.45) is 1.42. The lowest BCUT2D eigenvalue weighted by atomic mass is 10.1. The number of carbonyl (C=O) groups excluding carboxylic acids is 1. The summed E-state index contributed by atoms with van der Waals surface area (Å²) in [5.74, 6) is 0.662. The lowest BCUT2D eigenvalue weighted by Gasteiger charge is -2.14. The summed E-state index contributed by atoms with van der Waals surface area (Å²) < 4.78 is 32.6. The Bertz CT molecular complexity index is 945. The van der Waals surface area contributed by atoms with Gasteiger partial charge in [0, 0.05) is 12.1 Å². The number of carbonyl (C=O) groups is 1. The van der Waals surface area contributed by atoms with Crippen LogP contribution in [0, 0.1) is 6.92 Å². The van der Waals surface area contributed by atoms with Gasteiger partial charge < -0.3 is 10.1 Å². The second-order valence-corrected chi connectivity index (χ2v) is 9.11. The number of aryl methyl sites for hydroxylation is 1. The first-order chi connectivity index (χ1) is 13.3. The normalized spacial score (nSPS) is 11.1. The van der Waals surface area contributed by atoms with E-state index in [-0.39, 0.29) is 11.7 Å². The minimum absolute atomic E-state index is 0.0560. The third-order valence-corrected chi connectivity index (χ3v) is 6.30. The molecule has 1 amide bonds. The molecule has 0 bridgehead atoms. The van der Waals surface area contributed by atoms with Crippen LogP contribution in [0.25, 0.3) is 0 Å². The molecule has 0 fully saturated rings. The molecule has 0 aliphatic heterocycles. The van der Waals surface area contributed by atoms with Crippen LogP contribution in [0.3, 0.4) is 0 Å². The van der Waals surface area contributed by atoms with Crippen LogP contribution in [-0.2, 0) is 21.2 Å². The summed E-state index contributed by atoms with van der Waals surface area (Å²) in [6.45, 7) is 3.59. The standard InChI is InChI=1S/C20H25BrN2O4S/c1-4-12-28(25,26)23-18-7-5-6-17(14(18)2)22-20(24)11-9-15-8-10-19(27-3)16(21)13-15/h5-8,10,13,23H,4,9,11-12H2,1-3H3,(H,22,24). The SMILES string of the molecule is CCCS(=O)(=O)Nc1cccc(NC(=O)CCc2ccc(OC)c(Br)c2)c1C. The van der Waals surface area contributed by atoms with Crippen LogP contribution in [0.2, 0.25) is 0 Å². The van der Waals surface area contributed by atoms with Crippen molar-refractivity contribution in [2.75, 3.05) is 22.9 Å². The average Bonchev–Trinajstić information content (AvgIpc) is 2.63. The molecule has 2 aromatic rings. The second-order valence-electron chi connectivity index (χ2n) is 6.42. The Balaban J connectivity index is 2.02. The zero-order chi connectivity index (χ0) is 20.7. The average molecular weight is 469 g/mol. The van der Waals surface area contributed by atoms with Crippen molar-refractivity contribution in [3.63, 3.8) is 0 Å². The summed E-state index contributed by atoms with van der Waals surface area (Å²) in [4.78, 5) is 12.4. The van der Waals surface area contributed by atoms with Crippen LogP contribution >= 0.6 is 15.9 Å². The van der Waals surface area contributed by atoms with Crippen molar-refractivity contribution >= 4 is 43.2 Å². The van der Waals surface area contributed by atoms with Gasteiger partial charge >= 0.3 is 0 Å². The topological polar surface area (TPSA) is 84.5 Å². The van der Waals surface area contributed by atoms with Gasteiger partial charge in [-0.05, 0) is 71.1 Å². The van der Waals surface area contributed by atoms with Crippen molar-refractivity contribution in [1.29, 1.82) is 0 Å². The number of hydrogen-bond donors (Lipinski definition) is 2. The minimum atomic E-state index is -3.39. The van der Waals surface area contributed by atoms with Crippen molar-refractivity contribution in [1.82, 2.24) is 0 Å². The van der Waals surface area contributed by atoms with E-state index in [0.29, 0.717) is 36.2 Å². The molecule has 0 saturated carbocycles. The van der Waals surface area contributed by atoms with Crippen LogP contribution in [0.15, 0.2) is 40.9 Å². The number of sulfonamides is 1. The van der Waals surface area contributed by atoms with Crippen molar-refractivity contribution in [2.45, 2.75) is 33.1 Å². The fourth-order valence-electron chi connectivity index (χ4n) is 2.70. The lowest BCUT2D eigenvalue weighted by Crippen LogP contribution is -2.18. The van der Waals surface area contributed by atoms with Gasteiger partial charge in [-0.3, -0.25) is 9.52 Å². The largest absolute Gasteiger partial charge is 0.496 e. The zero-order valence-electron chi connectivity index (χ0n) is 16.2. The van der Waals surface area contributed by atoms with Gasteiger partial charge in [0.05, 0.1) is 23.0 Å². The Morgan fingerprint density at radius 3 is 2.54 bits per heavy atom. The molecule has 2 N–H and O–H groups in total. The van der Waals surface area contributed by atoms with Crippen molar-refractivity contribution < 1.29 is 17.9 Å². The van der Waals surface area contributed by atoms with Crippen LogP contribution in [-0.4, -0.2) is 27.2 Å². The van der Waals surface area contributed by atoms with Gasteiger partial charge in [-0.15, -0.1) is 0 Å². The highest BCUT2D eigenvalue weighted by Gasteiger charge is 2.13. The number of halogens is 1. The van der Waals surface area contributed by atoms with E-state index in [0.717, 1.165) is 15.8 Å². The van der Waals surface area contributed by atoms with E-state index >= 15 is 0 Å². The monoisotopic (exact) mass is 468 g/mol. The molecule has 0 spiro atoms. The van der Waals surface area contributed by atoms with Gasteiger partial charge in [-0.25, -0.2) is 8.42 Å². The van der Waals surface area contributed by atoms with E-state index in [4.69, 9.17) is 4.74 Å². The van der Waals surface area contributed by atoms with E-state index in [1.54, 1.807) is 32.2 Å². The number of ether oxygens (including phenoxy) is 1. The predicted octanol–water partition coefficient (Wildman–Crippen LogP) is 4.49. The van der Waals surface area contributed by atoms with Crippen LogP contribution in [0.1, 0.15) is 30.9 Å². The van der Waals surface area contributed by atoms with E-state index < -0.39 is 10.0 Å². The molecule has 0 unspecified atom stereocenters. The summed E-state index contributed by atoms with van der Waals surface area (Å²) in [7, 11) is -1.78. The molecule has 28 heavy (non-hydrogen) atoms. The Hall–Kier alpha value is -2.06. The molecule has 2 aromatic carbocycles. The summed E-state index contributed by atoms with van der Waals surface area (Å²) in [5.41, 5.74) is 2.77. The summed E-state index contributed by atoms with van der Waals surface area (Å²) in [5, 5.41) is 2.87. The maximum Gasteiger partial charge on any atom is 0.232 e. The predicted molar refractivity (Wildman–Crippen MR) is 117 cm³/mol. The van der Waals surface area contributed by atoms with Gasteiger partial charge in [0.15, 0.2) is 0 Å². The van der Waals surface area contributed by atoms with E-state index in [1.807, 2.05) is 25.1 Å². The minimum Gasteiger partial charge on any atom is -0.496 e. The van der Waals surface area contributed by atoms with Crippen LogP contribution < -0.4 is 14.8 Å². The first-order valence-electron chi connectivity index (χ1n) is 8.98. The molecule has 0 saturated heterocycles. The highest BCUT2D eigenvalue weighted by Crippen LogP contribution is 2.27. The molecule has 0 aromatic heterocycles. The first kappa shape index (κ1) is 22.2. The van der Waals surface area contributed by atoms with Crippen molar-refractivity contribution in [3.8, 4) is 5.75 Å². The molecular formula is C20H25BrN2O4S. The Morgan fingerprint density at radius 2 is 1.89 bits per heavy atom. The maximum absolute atomic E-state index is 12.4. The summed E-state index contributed by atoms with van der Waals surface area (Å²) in [6, 6.07) is 10.9. The van der Waals surface area contributed by atoms with E-state index in [9.17, 15) is 13.2 Å². The number of nitrogens with one attached hydrogen (secondary N) is 2. The fourth-order valence-corrected chi connectivity index (χ4v) is 4.49. The van der Waals surface area contributed by atoms with Gasteiger partial charge in [0.2, 0.25) is 15.9 Å². The molecule has 152 valence electrons. The highest BCUT2D eigenvalue weighted by molar-refractivity contribution is 9.10. The Kier molecular flexibility index (Phi) is 7.88. The third-order valence-electron chi connectivity index (χ3n) is 4.20. The number of methoxy groups -OCH3 is 1. The fraction of sp³-hybridized carbons (Fsp3) is 0.350. The van der Waals surface area contributed by atoms with Crippen molar-refractivity contribution in [2.24, 2.45) is 0 Å². The molecule has 0 heterocycles. The Morgan fingerprint density at radius 1 is 1.18 bits per heavy atom. The summed E-state index contributed by atoms with van der Waals surface area (Å²) >= 11 is 3.44. The smallest absolute Gasteiger partial charge is 0.232 e. The first-order valence-corrected chi connectivity index (χ1v) is 11.4. The zero-order valence-corrected chi connectivity index (χ0v) is 18.6. The second kappa shape index (κ2) is 9.93. The van der Waals surface area contributed by atoms with Gasteiger partial charge in [-0.2, -0.15) is 0 Å². The van der Waals surface area contributed by atoms with Gasteiger partial charge in [0.25, 0.3) is 0 Å². The molecule has 2 rings (SSSR count). The van der Waals surface area contributed by atoms with Crippen LogP contribution in [0.5, 0.6) is 5.75 Å². The van der Waals surface area contributed by atoms with Gasteiger partial charge in [-0.1, -0.05) is 19.1 Å². The molecule has 8 heteroatoms. The number of anilines is 2. The molecule has 0 atom stereocenters. The molecular weight excluding hydrogens is 444 g/mol. The number of amides is 1. The van der Waals surface area contributed by atoms with Gasteiger partial charge in [0.1, 0.15) is 5.75 Å². The van der Waals surface area contributed by atoms with Crippen LogP contribution in [0.4, 0.5) is 11.4 Å². The maximum atomic E-state index is 12.4. The highest BCUT2D eigenvalue weighted by atomic mass is 79.9. The molecule has 0 radical (unpaired) electrons. The number of benzene rings is 2. The van der Waals surface area contributed by atoms with E-state index in [1.165, 1.54) is 0 Å². The van der Waals surface area contributed by atoms with Crippen molar-refractivity contribution in [3.05, 3.63) is 52.0 Å².